The molecule has 24 heavy (non-hydrogen) atoms. The Morgan fingerprint density at radius 2 is 1.83 bits per heavy atom. The molecule has 0 saturated carbocycles. The van der Waals surface area contributed by atoms with Crippen LogP contribution in [0.3, 0.4) is 0 Å². The van der Waals surface area contributed by atoms with Crippen molar-refractivity contribution in [2.24, 2.45) is 0 Å². The van der Waals surface area contributed by atoms with E-state index >= 15 is 0 Å². The van der Waals surface area contributed by atoms with Crippen LogP contribution in [-0.2, 0) is 16.4 Å². The highest BCUT2D eigenvalue weighted by atomic mass is 32.2. The third-order valence-electron chi connectivity index (χ3n) is 3.44. The Bertz CT molecular complexity index is 931. The van der Waals surface area contributed by atoms with Crippen molar-refractivity contribution in [1.82, 2.24) is 14.7 Å². The number of nitrogens with zero attached hydrogens (tertiary/aromatic N) is 2. The molecule has 0 aliphatic rings. The number of thiophene rings is 1. The first-order valence-corrected chi connectivity index (χ1v) is 10.5. The van der Waals surface area contributed by atoms with Gasteiger partial charge in [0.1, 0.15) is 9.22 Å². The minimum Gasteiger partial charge on any atom is -0.265 e. The molecule has 0 radical (unpaired) electrons. The molecule has 0 amide bonds. The van der Waals surface area contributed by atoms with Gasteiger partial charge in [-0.1, -0.05) is 0 Å². The zero-order valence-electron chi connectivity index (χ0n) is 13.3. The van der Waals surface area contributed by atoms with Crippen molar-refractivity contribution in [2.45, 2.75) is 24.5 Å². The zero-order valence-corrected chi connectivity index (χ0v) is 15.8. The molecule has 0 saturated heterocycles. The van der Waals surface area contributed by atoms with Gasteiger partial charge in [-0.05, 0) is 44.5 Å². The summed E-state index contributed by atoms with van der Waals surface area (Å²) in [6.45, 7) is 4.21. The first-order chi connectivity index (χ1) is 11.5. The molecule has 8 heteroatoms. The fourth-order valence-electron chi connectivity index (χ4n) is 2.20. The fourth-order valence-corrected chi connectivity index (χ4v) is 5.63. The normalized spacial score (nSPS) is 11.8. The summed E-state index contributed by atoms with van der Waals surface area (Å²) in [5, 5.41) is 0.932. The Morgan fingerprint density at radius 3 is 2.50 bits per heavy atom. The topological polar surface area (TPSA) is 72.0 Å². The quantitative estimate of drug-likeness (QED) is 0.712. The highest BCUT2D eigenvalue weighted by molar-refractivity contribution is 7.91. The number of pyridine rings is 1. The predicted molar refractivity (Wildman–Crippen MR) is 98.0 cm³/mol. The molecular formula is C16H17N3O2S3. The lowest BCUT2D eigenvalue weighted by Crippen LogP contribution is -2.25. The Labute approximate surface area is 149 Å². The summed E-state index contributed by atoms with van der Waals surface area (Å²) in [5.74, 6) is 0. The van der Waals surface area contributed by atoms with Crippen LogP contribution in [0, 0.1) is 13.8 Å². The maximum absolute atomic E-state index is 12.2. The second-order valence-corrected chi connectivity index (χ2v) is 9.64. The average molecular weight is 380 g/mol. The molecule has 0 spiro atoms. The summed E-state index contributed by atoms with van der Waals surface area (Å²) in [5.41, 5.74) is 1.97. The van der Waals surface area contributed by atoms with Gasteiger partial charge in [0.25, 0.3) is 0 Å². The number of rotatable bonds is 6. The van der Waals surface area contributed by atoms with Gasteiger partial charge in [-0.2, -0.15) is 0 Å². The van der Waals surface area contributed by atoms with E-state index in [1.807, 2.05) is 32.0 Å². The highest BCUT2D eigenvalue weighted by Crippen LogP contribution is 2.27. The number of aromatic nitrogens is 2. The zero-order chi connectivity index (χ0) is 17.2. The maximum atomic E-state index is 12.2. The lowest BCUT2D eigenvalue weighted by Gasteiger charge is -2.03. The van der Waals surface area contributed by atoms with Crippen LogP contribution in [0.1, 0.15) is 15.4 Å². The fraction of sp³-hybridized carbons (Fsp3) is 0.250. The molecule has 0 atom stereocenters. The van der Waals surface area contributed by atoms with E-state index in [1.165, 1.54) is 11.3 Å². The van der Waals surface area contributed by atoms with Crippen LogP contribution in [0.4, 0.5) is 0 Å². The molecule has 0 bridgehead atoms. The average Bonchev–Trinajstić information content (AvgIpc) is 3.15. The van der Waals surface area contributed by atoms with E-state index in [2.05, 4.69) is 14.7 Å². The molecule has 5 nitrogen and oxygen atoms in total. The Morgan fingerprint density at radius 1 is 1.08 bits per heavy atom. The van der Waals surface area contributed by atoms with Crippen molar-refractivity contribution < 1.29 is 8.42 Å². The highest BCUT2D eigenvalue weighted by Gasteiger charge is 2.16. The Kier molecular flexibility index (Phi) is 5.09. The van der Waals surface area contributed by atoms with Crippen LogP contribution in [-0.4, -0.2) is 24.9 Å². The molecule has 0 aliphatic carbocycles. The Balaban J connectivity index is 1.66. The van der Waals surface area contributed by atoms with Gasteiger partial charge >= 0.3 is 0 Å². The molecule has 3 aromatic heterocycles. The van der Waals surface area contributed by atoms with Crippen molar-refractivity contribution in [2.75, 3.05) is 6.54 Å². The SMILES string of the molecule is Cc1ccc(S(=O)(=O)NCCc2sc(-c3ccncc3)nc2C)s1. The summed E-state index contributed by atoms with van der Waals surface area (Å²) in [7, 11) is -3.42. The van der Waals surface area contributed by atoms with Gasteiger partial charge in [0.05, 0.1) is 5.69 Å². The van der Waals surface area contributed by atoms with Crippen LogP contribution in [0.5, 0.6) is 0 Å². The van der Waals surface area contributed by atoms with E-state index in [4.69, 9.17) is 0 Å². The van der Waals surface area contributed by atoms with Crippen molar-refractivity contribution >= 4 is 32.7 Å². The third-order valence-corrected chi connectivity index (χ3v) is 7.66. The minimum atomic E-state index is -3.42. The van der Waals surface area contributed by atoms with Gasteiger partial charge in [0, 0.05) is 34.3 Å². The van der Waals surface area contributed by atoms with Crippen molar-refractivity contribution in [3.05, 3.63) is 52.1 Å². The summed E-state index contributed by atoms with van der Waals surface area (Å²) < 4.78 is 27.5. The van der Waals surface area contributed by atoms with Crippen LogP contribution >= 0.6 is 22.7 Å². The first-order valence-electron chi connectivity index (χ1n) is 7.38. The first kappa shape index (κ1) is 17.2. The smallest absolute Gasteiger partial charge is 0.250 e. The van der Waals surface area contributed by atoms with E-state index in [9.17, 15) is 8.42 Å². The van der Waals surface area contributed by atoms with E-state index in [1.54, 1.807) is 29.8 Å². The lowest BCUT2D eigenvalue weighted by atomic mass is 10.3. The molecule has 0 aliphatic heterocycles. The molecule has 126 valence electrons. The van der Waals surface area contributed by atoms with Crippen molar-refractivity contribution in [3.8, 4) is 10.6 Å². The second-order valence-electron chi connectivity index (χ2n) is 5.28. The molecular weight excluding hydrogens is 362 g/mol. The summed E-state index contributed by atoms with van der Waals surface area (Å²) in [4.78, 5) is 10.7. The molecule has 0 fully saturated rings. The van der Waals surface area contributed by atoms with Gasteiger partial charge in [-0.25, -0.2) is 18.1 Å². The molecule has 3 heterocycles. The monoisotopic (exact) mass is 379 g/mol. The summed E-state index contributed by atoms with van der Waals surface area (Å²) in [6, 6.07) is 7.29. The van der Waals surface area contributed by atoms with E-state index in [0.717, 1.165) is 26.0 Å². The third kappa shape index (κ3) is 3.89. The van der Waals surface area contributed by atoms with Crippen LogP contribution in [0.2, 0.25) is 0 Å². The standard InChI is InChI=1S/C16H17N3O2S3/c1-11-3-4-15(22-11)24(20,21)18-10-7-14-12(2)19-16(23-14)13-5-8-17-9-6-13/h3-6,8-9,18H,7,10H2,1-2H3. The van der Waals surface area contributed by atoms with Crippen LogP contribution in [0.15, 0.2) is 40.9 Å². The van der Waals surface area contributed by atoms with Crippen LogP contribution in [0.25, 0.3) is 10.6 Å². The number of hydrogen-bond donors (Lipinski definition) is 1. The molecule has 0 aromatic carbocycles. The summed E-state index contributed by atoms with van der Waals surface area (Å²) >= 11 is 2.87. The van der Waals surface area contributed by atoms with Gasteiger partial charge in [-0.15, -0.1) is 22.7 Å². The number of nitrogens with one attached hydrogen (secondary N) is 1. The van der Waals surface area contributed by atoms with Gasteiger partial charge in [0.2, 0.25) is 10.0 Å². The number of thiazole rings is 1. The summed E-state index contributed by atoms with van der Waals surface area (Å²) in [6.07, 6.45) is 4.10. The predicted octanol–water partition coefficient (Wildman–Crippen LogP) is 3.40. The number of hydrogen-bond acceptors (Lipinski definition) is 6. The van der Waals surface area contributed by atoms with Gasteiger partial charge in [0.15, 0.2) is 0 Å². The van der Waals surface area contributed by atoms with E-state index in [-0.39, 0.29) is 0 Å². The van der Waals surface area contributed by atoms with Crippen molar-refractivity contribution in [3.63, 3.8) is 0 Å². The van der Waals surface area contributed by atoms with Crippen molar-refractivity contribution in [1.29, 1.82) is 0 Å². The molecule has 1 N–H and O–H groups in total. The molecule has 3 aromatic rings. The molecule has 0 unspecified atom stereocenters. The number of sulfonamides is 1. The van der Waals surface area contributed by atoms with E-state index in [0.29, 0.717) is 17.2 Å². The van der Waals surface area contributed by atoms with Gasteiger partial charge in [-0.3, -0.25) is 4.98 Å². The Hall–Kier alpha value is -1.61. The minimum absolute atomic E-state index is 0.359. The second kappa shape index (κ2) is 7.10. The number of aryl methyl sites for hydroxylation is 2. The largest absolute Gasteiger partial charge is 0.265 e. The van der Waals surface area contributed by atoms with Crippen LogP contribution < -0.4 is 4.72 Å². The maximum Gasteiger partial charge on any atom is 0.250 e. The lowest BCUT2D eigenvalue weighted by molar-refractivity contribution is 0.584. The molecule has 3 rings (SSSR count). The van der Waals surface area contributed by atoms with E-state index < -0.39 is 10.0 Å². The van der Waals surface area contributed by atoms with Gasteiger partial charge < -0.3 is 0 Å².